The van der Waals surface area contributed by atoms with Crippen LogP contribution >= 0.6 is 0 Å². The van der Waals surface area contributed by atoms with Crippen LogP contribution in [0.1, 0.15) is 31.2 Å². The first-order chi connectivity index (χ1) is 8.29. The third-order valence-electron chi connectivity index (χ3n) is 3.24. The van der Waals surface area contributed by atoms with Gasteiger partial charge in [0.1, 0.15) is 11.9 Å². The summed E-state index contributed by atoms with van der Waals surface area (Å²) in [5.41, 5.74) is 6.89. The number of hydrogen-bond donors (Lipinski definition) is 1. The molecule has 1 saturated heterocycles. The Morgan fingerprint density at radius 1 is 1.41 bits per heavy atom. The van der Waals surface area contributed by atoms with E-state index >= 15 is 0 Å². The predicted molar refractivity (Wildman–Crippen MR) is 68.4 cm³/mol. The van der Waals surface area contributed by atoms with Gasteiger partial charge >= 0.3 is 0 Å². The predicted octanol–water partition coefficient (Wildman–Crippen LogP) is 2.31. The minimum absolute atomic E-state index is 0.224. The lowest BCUT2D eigenvalue weighted by atomic mass is 9.98. The summed E-state index contributed by atoms with van der Waals surface area (Å²) in [4.78, 5) is 0. The molecule has 94 valence electrons. The van der Waals surface area contributed by atoms with Gasteiger partial charge in [0.2, 0.25) is 0 Å². The van der Waals surface area contributed by atoms with Gasteiger partial charge in [0, 0.05) is 6.42 Å². The van der Waals surface area contributed by atoms with Gasteiger partial charge < -0.3 is 15.2 Å². The minimum Gasteiger partial charge on any atom is -0.488 e. The summed E-state index contributed by atoms with van der Waals surface area (Å²) in [6, 6.07) is 8.35. The van der Waals surface area contributed by atoms with Crippen LogP contribution in [0.5, 0.6) is 5.75 Å². The molecule has 1 aliphatic rings. The Balaban J connectivity index is 1.92. The van der Waals surface area contributed by atoms with Gasteiger partial charge in [0.15, 0.2) is 0 Å². The Labute approximate surface area is 103 Å². The Bertz CT molecular complexity index is 331. The zero-order valence-electron chi connectivity index (χ0n) is 10.4. The van der Waals surface area contributed by atoms with E-state index in [1.165, 1.54) is 5.56 Å². The third-order valence-corrected chi connectivity index (χ3v) is 3.24. The van der Waals surface area contributed by atoms with Crippen molar-refractivity contribution in [2.45, 2.75) is 31.8 Å². The van der Waals surface area contributed by atoms with E-state index in [9.17, 15) is 0 Å². The zero-order valence-corrected chi connectivity index (χ0v) is 10.4. The van der Waals surface area contributed by atoms with E-state index < -0.39 is 0 Å². The minimum atomic E-state index is 0.224. The fraction of sp³-hybridized carbons (Fsp3) is 0.571. The van der Waals surface area contributed by atoms with Crippen molar-refractivity contribution in [3.8, 4) is 5.75 Å². The highest BCUT2D eigenvalue weighted by atomic mass is 16.5. The van der Waals surface area contributed by atoms with Crippen LogP contribution in [0.15, 0.2) is 24.3 Å². The van der Waals surface area contributed by atoms with E-state index in [-0.39, 0.29) is 6.10 Å². The normalized spacial score (nSPS) is 21.4. The molecule has 0 spiro atoms. The van der Waals surface area contributed by atoms with Crippen molar-refractivity contribution >= 4 is 0 Å². The molecule has 2 unspecified atom stereocenters. The average Bonchev–Trinajstić information content (AvgIpc) is 2.83. The summed E-state index contributed by atoms with van der Waals surface area (Å²) in [6.07, 6.45) is 2.24. The number of benzene rings is 1. The van der Waals surface area contributed by atoms with Crippen molar-refractivity contribution in [3.63, 3.8) is 0 Å². The highest BCUT2D eigenvalue weighted by molar-refractivity contribution is 5.29. The molecule has 0 saturated carbocycles. The molecule has 2 rings (SSSR count). The Morgan fingerprint density at radius 2 is 2.18 bits per heavy atom. The molecule has 3 heteroatoms. The molecule has 0 aromatic heterocycles. The van der Waals surface area contributed by atoms with E-state index in [0.717, 1.165) is 31.7 Å². The maximum atomic E-state index is 5.82. The Morgan fingerprint density at radius 3 is 2.76 bits per heavy atom. The van der Waals surface area contributed by atoms with Crippen LogP contribution in [0.25, 0.3) is 0 Å². The second-order valence-corrected chi connectivity index (χ2v) is 4.65. The SMILES string of the molecule is CC(CCN)c1ccc(OC2CCOC2)cc1. The number of ether oxygens (including phenoxy) is 2. The highest BCUT2D eigenvalue weighted by Crippen LogP contribution is 2.23. The summed E-state index contributed by atoms with van der Waals surface area (Å²) >= 11 is 0. The van der Waals surface area contributed by atoms with Crippen LogP contribution in [0, 0.1) is 0 Å². The molecule has 2 N–H and O–H groups in total. The topological polar surface area (TPSA) is 44.5 Å². The fourth-order valence-corrected chi connectivity index (χ4v) is 2.09. The third kappa shape index (κ3) is 3.45. The van der Waals surface area contributed by atoms with Gasteiger partial charge in [-0.3, -0.25) is 0 Å². The lowest BCUT2D eigenvalue weighted by Crippen LogP contribution is -2.15. The maximum absolute atomic E-state index is 5.82. The summed E-state index contributed by atoms with van der Waals surface area (Å²) in [5.74, 6) is 1.45. The molecule has 1 aromatic carbocycles. The lowest BCUT2D eigenvalue weighted by molar-refractivity contribution is 0.141. The van der Waals surface area contributed by atoms with Gasteiger partial charge in [-0.05, 0) is 36.6 Å². The van der Waals surface area contributed by atoms with Crippen molar-refractivity contribution in [3.05, 3.63) is 29.8 Å². The molecular formula is C14H21NO2. The van der Waals surface area contributed by atoms with Gasteiger partial charge in [0.25, 0.3) is 0 Å². The van der Waals surface area contributed by atoms with E-state index in [0.29, 0.717) is 12.5 Å². The van der Waals surface area contributed by atoms with Crippen LogP contribution in [-0.2, 0) is 4.74 Å². The van der Waals surface area contributed by atoms with Crippen molar-refractivity contribution < 1.29 is 9.47 Å². The summed E-state index contributed by atoms with van der Waals surface area (Å²) in [5, 5.41) is 0. The summed E-state index contributed by atoms with van der Waals surface area (Å²) in [6.45, 7) is 4.47. The maximum Gasteiger partial charge on any atom is 0.124 e. The van der Waals surface area contributed by atoms with E-state index in [2.05, 4.69) is 19.1 Å². The lowest BCUT2D eigenvalue weighted by Gasteiger charge is -2.14. The van der Waals surface area contributed by atoms with Crippen molar-refractivity contribution in [1.29, 1.82) is 0 Å². The molecule has 17 heavy (non-hydrogen) atoms. The Hall–Kier alpha value is -1.06. The van der Waals surface area contributed by atoms with Crippen LogP contribution in [0.3, 0.4) is 0 Å². The fourth-order valence-electron chi connectivity index (χ4n) is 2.09. The standard InChI is InChI=1S/C14H21NO2/c1-11(6-8-15)12-2-4-13(5-3-12)17-14-7-9-16-10-14/h2-5,11,14H,6-10,15H2,1H3. The number of rotatable bonds is 5. The summed E-state index contributed by atoms with van der Waals surface area (Å²) < 4.78 is 11.1. The van der Waals surface area contributed by atoms with Gasteiger partial charge in [-0.1, -0.05) is 19.1 Å². The molecule has 1 fully saturated rings. The molecule has 0 amide bonds. The monoisotopic (exact) mass is 235 g/mol. The first kappa shape index (κ1) is 12.4. The average molecular weight is 235 g/mol. The zero-order chi connectivity index (χ0) is 12.1. The van der Waals surface area contributed by atoms with E-state index in [1.54, 1.807) is 0 Å². The number of hydrogen-bond acceptors (Lipinski definition) is 3. The second-order valence-electron chi connectivity index (χ2n) is 4.65. The molecule has 3 nitrogen and oxygen atoms in total. The molecule has 1 heterocycles. The molecule has 0 bridgehead atoms. The van der Waals surface area contributed by atoms with Crippen molar-refractivity contribution in [2.24, 2.45) is 5.73 Å². The van der Waals surface area contributed by atoms with Gasteiger partial charge in [-0.25, -0.2) is 0 Å². The molecule has 0 radical (unpaired) electrons. The van der Waals surface area contributed by atoms with Gasteiger partial charge in [-0.15, -0.1) is 0 Å². The van der Waals surface area contributed by atoms with Crippen LogP contribution < -0.4 is 10.5 Å². The first-order valence-corrected chi connectivity index (χ1v) is 6.34. The summed E-state index contributed by atoms with van der Waals surface area (Å²) in [7, 11) is 0. The van der Waals surface area contributed by atoms with Gasteiger partial charge in [0.05, 0.1) is 13.2 Å². The second kappa shape index (κ2) is 6.03. The van der Waals surface area contributed by atoms with Crippen LogP contribution in [0.2, 0.25) is 0 Å². The van der Waals surface area contributed by atoms with E-state index in [1.807, 2.05) is 12.1 Å². The highest BCUT2D eigenvalue weighted by Gasteiger charge is 2.17. The van der Waals surface area contributed by atoms with Crippen LogP contribution in [-0.4, -0.2) is 25.9 Å². The molecule has 2 atom stereocenters. The van der Waals surface area contributed by atoms with Gasteiger partial charge in [-0.2, -0.15) is 0 Å². The Kier molecular flexibility index (Phi) is 4.40. The van der Waals surface area contributed by atoms with Crippen molar-refractivity contribution in [1.82, 2.24) is 0 Å². The quantitative estimate of drug-likeness (QED) is 0.851. The van der Waals surface area contributed by atoms with E-state index in [4.69, 9.17) is 15.2 Å². The molecule has 1 aromatic rings. The smallest absolute Gasteiger partial charge is 0.124 e. The van der Waals surface area contributed by atoms with Crippen molar-refractivity contribution in [2.75, 3.05) is 19.8 Å². The molecular weight excluding hydrogens is 214 g/mol. The molecule has 0 aliphatic carbocycles. The number of nitrogens with two attached hydrogens (primary N) is 1. The molecule has 1 aliphatic heterocycles. The van der Waals surface area contributed by atoms with Crippen LogP contribution in [0.4, 0.5) is 0 Å². The largest absolute Gasteiger partial charge is 0.488 e. The first-order valence-electron chi connectivity index (χ1n) is 6.34.